The van der Waals surface area contributed by atoms with E-state index in [1.54, 1.807) is 42.5 Å². The van der Waals surface area contributed by atoms with Crippen LogP contribution in [-0.4, -0.2) is 57.4 Å². The number of allylic oxidation sites excluding steroid dienone is 2. The third-order valence-corrected chi connectivity index (χ3v) is 9.13. The van der Waals surface area contributed by atoms with Gasteiger partial charge in [0.05, 0.1) is 24.0 Å². The Bertz CT molecular complexity index is 1540. The fourth-order valence-corrected chi connectivity index (χ4v) is 6.63. The number of para-hydroxylation sites is 1. The van der Waals surface area contributed by atoms with E-state index < -0.39 is 10.0 Å². The maximum absolute atomic E-state index is 13.5. The molecule has 0 unspecified atom stereocenters. The average Bonchev–Trinajstić information content (AvgIpc) is 3.79. The maximum Gasteiger partial charge on any atom is 0.263 e. The third-order valence-electron chi connectivity index (χ3n) is 7.69. The van der Waals surface area contributed by atoms with Gasteiger partial charge in [-0.25, -0.2) is 8.42 Å². The lowest BCUT2D eigenvalue weighted by molar-refractivity contribution is 0.0528. The molecule has 3 N–H and O–H groups in total. The fourth-order valence-electron chi connectivity index (χ4n) is 5.42. The van der Waals surface area contributed by atoms with E-state index in [0.29, 0.717) is 30.0 Å². The number of nitrogens with two attached hydrogens (primary N) is 1. The molecule has 0 aromatic heterocycles. The molecule has 1 saturated carbocycles. The first-order chi connectivity index (χ1) is 19.3. The summed E-state index contributed by atoms with van der Waals surface area (Å²) in [5.74, 6) is 0.160. The van der Waals surface area contributed by atoms with Crippen LogP contribution in [0, 0.1) is 0 Å². The summed E-state index contributed by atoms with van der Waals surface area (Å²) in [7, 11) is -2.53. The molecule has 8 nitrogen and oxygen atoms in total. The highest BCUT2D eigenvalue weighted by Gasteiger charge is 2.50. The van der Waals surface area contributed by atoms with Crippen LogP contribution in [0.4, 0.5) is 11.4 Å². The minimum Gasteiger partial charge on any atom is -0.496 e. The molecular weight excluding hydrogens is 524 g/mol. The Balaban J connectivity index is 1.29. The van der Waals surface area contributed by atoms with Gasteiger partial charge in [0.15, 0.2) is 0 Å². The van der Waals surface area contributed by atoms with Crippen LogP contribution in [0.15, 0.2) is 90.4 Å². The number of piperazine rings is 1. The normalized spacial score (nSPS) is 17.0. The zero-order valence-electron chi connectivity index (χ0n) is 22.5. The van der Waals surface area contributed by atoms with Crippen LogP contribution in [0.1, 0.15) is 34.3 Å². The zero-order valence-corrected chi connectivity index (χ0v) is 23.4. The van der Waals surface area contributed by atoms with Crippen LogP contribution in [0.25, 0.3) is 6.08 Å². The lowest BCUT2D eigenvalue weighted by atomic mass is 10.0. The predicted molar refractivity (Wildman–Crippen MR) is 159 cm³/mol. The molecule has 9 heteroatoms. The molecule has 0 bridgehead atoms. The lowest BCUT2D eigenvalue weighted by Crippen LogP contribution is -2.52. The van der Waals surface area contributed by atoms with Crippen molar-refractivity contribution in [2.24, 2.45) is 0 Å². The Hall–Kier alpha value is -4.08. The van der Waals surface area contributed by atoms with Gasteiger partial charge in [0.25, 0.3) is 15.9 Å². The fraction of sp³-hybridized carbons (Fsp3) is 0.258. The molecule has 1 saturated heterocycles. The van der Waals surface area contributed by atoms with Crippen molar-refractivity contribution in [1.29, 1.82) is 0 Å². The molecule has 208 valence electrons. The van der Waals surface area contributed by atoms with Crippen LogP contribution in [0.5, 0.6) is 5.75 Å². The van der Waals surface area contributed by atoms with Crippen LogP contribution in [0.3, 0.4) is 0 Å². The summed E-state index contributed by atoms with van der Waals surface area (Å²) >= 11 is 0. The van der Waals surface area contributed by atoms with Gasteiger partial charge < -0.3 is 15.4 Å². The van der Waals surface area contributed by atoms with Gasteiger partial charge in [-0.15, -0.1) is 0 Å². The molecule has 0 radical (unpaired) electrons. The molecule has 1 aliphatic heterocycles. The molecule has 1 amide bonds. The van der Waals surface area contributed by atoms with E-state index >= 15 is 0 Å². The second-order valence-corrected chi connectivity index (χ2v) is 11.7. The number of sulfonamides is 1. The molecule has 2 aliphatic rings. The summed E-state index contributed by atoms with van der Waals surface area (Å²) in [6.45, 7) is 6.44. The zero-order chi connectivity index (χ0) is 28.3. The topological polar surface area (TPSA) is 105 Å². The van der Waals surface area contributed by atoms with Crippen molar-refractivity contribution in [1.82, 2.24) is 9.80 Å². The highest BCUT2D eigenvalue weighted by atomic mass is 32.2. The van der Waals surface area contributed by atoms with Crippen molar-refractivity contribution in [2.75, 3.05) is 43.7 Å². The number of hydrogen-bond acceptors (Lipinski definition) is 6. The summed E-state index contributed by atoms with van der Waals surface area (Å²) < 4.78 is 34.4. The number of carbonyl (C=O) groups excluding carboxylic acids is 1. The van der Waals surface area contributed by atoms with Crippen molar-refractivity contribution in [3.8, 4) is 5.75 Å². The molecule has 1 heterocycles. The highest BCUT2D eigenvalue weighted by molar-refractivity contribution is 7.92. The van der Waals surface area contributed by atoms with Crippen molar-refractivity contribution in [2.45, 2.75) is 23.3 Å². The number of methoxy groups -OCH3 is 1. The van der Waals surface area contributed by atoms with Gasteiger partial charge in [-0.1, -0.05) is 67.3 Å². The Kier molecular flexibility index (Phi) is 7.69. The number of benzene rings is 3. The minimum absolute atomic E-state index is 0.0420. The quantitative estimate of drug-likeness (QED) is 0.291. The predicted octanol–water partition coefficient (Wildman–Crippen LogP) is 4.72. The Morgan fingerprint density at radius 1 is 1.02 bits per heavy atom. The Morgan fingerprint density at radius 3 is 2.40 bits per heavy atom. The second kappa shape index (κ2) is 11.2. The summed E-state index contributed by atoms with van der Waals surface area (Å²) in [6.07, 6.45) is 7.23. The Labute approximate surface area is 235 Å². The van der Waals surface area contributed by atoms with Gasteiger partial charge in [0, 0.05) is 37.8 Å². The molecule has 40 heavy (non-hydrogen) atoms. The molecular formula is C31H34N4O4S. The van der Waals surface area contributed by atoms with Crippen LogP contribution in [0.2, 0.25) is 0 Å². The molecule has 3 aromatic rings. The monoisotopic (exact) mass is 558 g/mol. The number of rotatable bonds is 9. The van der Waals surface area contributed by atoms with Crippen LogP contribution >= 0.6 is 0 Å². The molecule has 0 atom stereocenters. The first-order valence-electron chi connectivity index (χ1n) is 13.3. The van der Waals surface area contributed by atoms with Crippen molar-refractivity contribution < 1.29 is 17.9 Å². The summed E-state index contributed by atoms with van der Waals surface area (Å²) in [6, 6.07) is 20.1. The molecule has 5 rings (SSSR count). The summed E-state index contributed by atoms with van der Waals surface area (Å²) in [5, 5.41) is 0. The van der Waals surface area contributed by atoms with Gasteiger partial charge >= 0.3 is 0 Å². The van der Waals surface area contributed by atoms with Gasteiger partial charge in [0.1, 0.15) is 10.6 Å². The number of carbonyl (C=O) groups is 1. The van der Waals surface area contributed by atoms with Crippen molar-refractivity contribution in [3.05, 3.63) is 102 Å². The third kappa shape index (κ3) is 5.35. The van der Waals surface area contributed by atoms with E-state index in [2.05, 4.69) is 40.5 Å². The number of nitrogens with zero attached hydrogens (tertiary/aromatic N) is 2. The van der Waals surface area contributed by atoms with Gasteiger partial charge in [-0.2, -0.15) is 0 Å². The number of ether oxygens (including phenoxy) is 1. The summed E-state index contributed by atoms with van der Waals surface area (Å²) in [5.41, 5.74) is 8.95. The lowest BCUT2D eigenvalue weighted by Gasteiger charge is -2.40. The van der Waals surface area contributed by atoms with E-state index in [9.17, 15) is 13.2 Å². The van der Waals surface area contributed by atoms with Crippen molar-refractivity contribution >= 4 is 33.4 Å². The number of nitrogen functional groups attached to an aromatic ring is 1. The van der Waals surface area contributed by atoms with Gasteiger partial charge in [-0.05, 0) is 42.2 Å². The number of anilines is 2. The minimum atomic E-state index is -4.00. The molecule has 1 aliphatic carbocycles. The number of hydrogen-bond donors (Lipinski definition) is 2. The number of nitrogens with one attached hydrogen (secondary N) is 1. The first-order valence-corrected chi connectivity index (χ1v) is 14.8. The SMILES string of the molecule is C=C/C=C\c1cccc(S(=O)(=O)Nc2ccc(C(=O)N3CCN(C4(c5ccccc5)CC4)CC3)c(OC)c2)c1N. The van der Waals surface area contributed by atoms with Crippen LogP contribution in [-0.2, 0) is 15.6 Å². The summed E-state index contributed by atoms with van der Waals surface area (Å²) in [4.78, 5) is 17.8. The van der Waals surface area contributed by atoms with E-state index in [0.717, 1.165) is 25.9 Å². The van der Waals surface area contributed by atoms with Gasteiger partial charge in [0.2, 0.25) is 0 Å². The smallest absolute Gasteiger partial charge is 0.263 e. The van der Waals surface area contributed by atoms with Gasteiger partial charge in [-0.3, -0.25) is 14.4 Å². The van der Waals surface area contributed by atoms with E-state index in [1.807, 2.05) is 11.0 Å². The van der Waals surface area contributed by atoms with E-state index in [1.165, 1.54) is 24.8 Å². The van der Waals surface area contributed by atoms with E-state index in [4.69, 9.17) is 10.5 Å². The number of amides is 1. The van der Waals surface area contributed by atoms with E-state index in [-0.39, 0.29) is 27.7 Å². The Morgan fingerprint density at radius 2 is 1.75 bits per heavy atom. The molecule has 3 aromatic carbocycles. The molecule has 0 spiro atoms. The largest absolute Gasteiger partial charge is 0.496 e. The average molecular weight is 559 g/mol. The molecule has 2 fully saturated rings. The highest BCUT2D eigenvalue weighted by Crippen LogP contribution is 2.51. The maximum atomic E-state index is 13.5. The van der Waals surface area contributed by atoms with Crippen LogP contribution < -0.4 is 15.2 Å². The second-order valence-electron chi connectivity index (χ2n) is 10.1. The van der Waals surface area contributed by atoms with Crippen molar-refractivity contribution in [3.63, 3.8) is 0 Å². The first kappa shape index (κ1) is 27.5. The standard InChI is InChI=1S/C31H34N4O4S/c1-3-4-9-23-10-8-13-28(29(23)32)40(37,38)33-25-14-15-26(27(22-25)39-2)30(36)34-18-20-35(21-19-34)31(16-17-31)24-11-6-5-7-12-24/h3-15,22,33H,1,16-21,32H2,2H3/b9-4-.